The van der Waals surface area contributed by atoms with Gasteiger partial charge in [-0.2, -0.15) is 0 Å². The Kier molecular flexibility index (Phi) is 4.70. The molecule has 1 nitrogen and oxygen atoms in total. The first-order chi connectivity index (χ1) is 4.66. The number of hydrogen-bond donors (Lipinski definition) is 0. The van der Waals surface area contributed by atoms with Crippen LogP contribution in [0.4, 0.5) is 0 Å². The Morgan fingerprint density at radius 2 is 2.10 bits per heavy atom. The average Bonchev–Trinajstić information content (AvgIpc) is 1.87. The maximum Gasteiger partial charge on any atom is 0.0600 e. The van der Waals surface area contributed by atoms with Crippen molar-refractivity contribution >= 4 is 0 Å². The van der Waals surface area contributed by atoms with Gasteiger partial charge in [0.2, 0.25) is 0 Å². The van der Waals surface area contributed by atoms with Crippen molar-refractivity contribution < 1.29 is 0 Å². The molecule has 10 heavy (non-hydrogen) atoms. The van der Waals surface area contributed by atoms with Gasteiger partial charge in [-0.25, -0.2) is 0 Å². The molecule has 0 atom stereocenters. The first kappa shape index (κ1) is 9.26. The number of nitrogens with zero attached hydrogens (tertiary/aromatic N) is 1. The Hall–Kier alpha value is -0.740. The van der Waals surface area contributed by atoms with Crippen molar-refractivity contribution in [2.45, 2.75) is 13.8 Å². The first-order valence-corrected chi connectivity index (χ1v) is 3.43. The van der Waals surface area contributed by atoms with Gasteiger partial charge in [-0.15, -0.1) is 0 Å². The van der Waals surface area contributed by atoms with Crippen molar-refractivity contribution in [1.82, 2.24) is 4.90 Å². The lowest BCUT2D eigenvalue weighted by atomic mass is 10.3. The van der Waals surface area contributed by atoms with Crippen molar-refractivity contribution in [2.24, 2.45) is 0 Å². The van der Waals surface area contributed by atoms with Crippen molar-refractivity contribution in [3.63, 3.8) is 0 Å². The number of hydrogen-bond acceptors (Lipinski definition) is 1. The Bertz CT molecular complexity index is 167. The minimum atomic E-state index is 0.838. The minimum absolute atomic E-state index is 0.838. The lowest BCUT2D eigenvalue weighted by Gasteiger charge is -2.00. The summed E-state index contributed by atoms with van der Waals surface area (Å²) >= 11 is 0. The Balaban J connectivity index is 3.70. The highest BCUT2D eigenvalue weighted by Crippen LogP contribution is 1.85. The average molecular weight is 137 g/mol. The van der Waals surface area contributed by atoms with Gasteiger partial charge in [0.25, 0.3) is 0 Å². The highest BCUT2D eigenvalue weighted by Gasteiger charge is 1.80. The second-order valence-corrected chi connectivity index (χ2v) is 2.51. The number of allylic oxidation sites excluding steroid dienone is 2. The van der Waals surface area contributed by atoms with Crippen LogP contribution in [-0.2, 0) is 0 Å². The first-order valence-electron chi connectivity index (χ1n) is 3.43. The fourth-order valence-electron chi connectivity index (χ4n) is 0.409. The van der Waals surface area contributed by atoms with Crippen LogP contribution in [-0.4, -0.2) is 25.5 Å². The Morgan fingerprint density at radius 3 is 2.50 bits per heavy atom. The summed E-state index contributed by atoms with van der Waals surface area (Å²) in [6.45, 7) is 4.85. The van der Waals surface area contributed by atoms with E-state index in [1.807, 2.05) is 34.0 Å². The standard InChI is InChI=1S/C9H15N/c1-5-9(2)7-6-8-10(3)4/h5H,8H2,1-4H3. The monoisotopic (exact) mass is 137 g/mol. The van der Waals surface area contributed by atoms with Gasteiger partial charge in [-0.3, -0.25) is 4.90 Å². The molecule has 0 spiro atoms. The molecule has 0 aliphatic heterocycles. The third kappa shape index (κ3) is 5.40. The van der Waals surface area contributed by atoms with Crippen molar-refractivity contribution in [1.29, 1.82) is 0 Å². The van der Waals surface area contributed by atoms with Gasteiger partial charge < -0.3 is 0 Å². The molecule has 0 rings (SSSR count). The molecule has 0 aromatic carbocycles. The van der Waals surface area contributed by atoms with E-state index in [-0.39, 0.29) is 0 Å². The van der Waals surface area contributed by atoms with Crippen molar-refractivity contribution in [3.8, 4) is 11.8 Å². The minimum Gasteiger partial charge on any atom is -0.299 e. The molecule has 0 saturated carbocycles. The fourth-order valence-corrected chi connectivity index (χ4v) is 0.409. The topological polar surface area (TPSA) is 3.24 Å². The predicted molar refractivity (Wildman–Crippen MR) is 45.8 cm³/mol. The van der Waals surface area contributed by atoms with E-state index in [9.17, 15) is 0 Å². The summed E-state index contributed by atoms with van der Waals surface area (Å²) in [6.07, 6.45) is 2.02. The van der Waals surface area contributed by atoms with Crippen LogP contribution in [0.5, 0.6) is 0 Å². The third-order valence-corrected chi connectivity index (χ3v) is 1.11. The number of rotatable bonds is 1. The second-order valence-electron chi connectivity index (χ2n) is 2.51. The molecule has 0 N–H and O–H groups in total. The third-order valence-electron chi connectivity index (χ3n) is 1.11. The SMILES string of the molecule is CC=C(C)C#CCN(C)C. The second kappa shape index (κ2) is 5.08. The van der Waals surface area contributed by atoms with Gasteiger partial charge in [-0.05, 0) is 33.5 Å². The van der Waals surface area contributed by atoms with Gasteiger partial charge in [-0.1, -0.05) is 17.9 Å². The van der Waals surface area contributed by atoms with E-state index in [4.69, 9.17) is 0 Å². The molecule has 0 aliphatic rings. The summed E-state index contributed by atoms with van der Waals surface area (Å²) in [7, 11) is 4.03. The molecule has 0 heterocycles. The molecule has 0 aliphatic carbocycles. The zero-order valence-electron chi connectivity index (χ0n) is 7.23. The van der Waals surface area contributed by atoms with Gasteiger partial charge >= 0.3 is 0 Å². The van der Waals surface area contributed by atoms with E-state index in [0.29, 0.717) is 0 Å². The molecule has 0 fully saturated rings. The Morgan fingerprint density at radius 1 is 1.50 bits per heavy atom. The summed E-state index contributed by atoms with van der Waals surface area (Å²) in [5.41, 5.74) is 1.14. The smallest absolute Gasteiger partial charge is 0.0600 e. The lowest BCUT2D eigenvalue weighted by molar-refractivity contribution is 0.464. The lowest BCUT2D eigenvalue weighted by Crippen LogP contribution is -2.10. The molecule has 0 aromatic heterocycles. The fraction of sp³-hybridized carbons (Fsp3) is 0.556. The van der Waals surface area contributed by atoms with Gasteiger partial charge in [0.05, 0.1) is 6.54 Å². The zero-order chi connectivity index (χ0) is 7.98. The highest BCUT2D eigenvalue weighted by atomic mass is 15.0. The molecule has 0 unspecified atom stereocenters. The van der Waals surface area contributed by atoms with Crippen LogP contribution < -0.4 is 0 Å². The van der Waals surface area contributed by atoms with Crippen LogP contribution in [0.3, 0.4) is 0 Å². The van der Waals surface area contributed by atoms with Gasteiger partial charge in [0, 0.05) is 0 Å². The van der Waals surface area contributed by atoms with Gasteiger partial charge in [0.15, 0.2) is 0 Å². The van der Waals surface area contributed by atoms with E-state index in [2.05, 4.69) is 16.7 Å². The van der Waals surface area contributed by atoms with E-state index in [1.165, 1.54) is 0 Å². The van der Waals surface area contributed by atoms with Crippen LogP contribution in [0.2, 0.25) is 0 Å². The van der Waals surface area contributed by atoms with E-state index < -0.39 is 0 Å². The molecular weight excluding hydrogens is 122 g/mol. The summed E-state index contributed by atoms with van der Waals surface area (Å²) in [4.78, 5) is 2.05. The highest BCUT2D eigenvalue weighted by molar-refractivity contribution is 5.25. The van der Waals surface area contributed by atoms with Crippen LogP contribution in [0.15, 0.2) is 11.6 Å². The molecule has 56 valence electrons. The molecule has 0 amide bonds. The molecule has 0 radical (unpaired) electrons. The molecule has 0 saturated heterocycles. The summed E-state index contributed by atoms with van der Waals surface area (Å²) in [5, 5.41) is 0. The normalized spacial score (nSPS) is 11.1. The molecule has 0 aromatic rings. The van der Waals surface area contributed by atoms with E-state index >= 15 is 0 Å². The summed E-state index contributed by atoms with van der Waals surface area (Å²) in [6, 6.07) is 0. The van der Waals surface area contributed by atoms with E-state index in [0.717, 1.165) is 12.1 Å². The maximum atomic E-state index is 3.04. The largest absolute Gasteiger partial charge is 0.299 e. The molecule has 1 heteroatoms. The van der Waals surface area contributed by atoms with Crippen molar-refractivity contribution in [3.05, 3.63) is 11.6 Å². The maximum absolute atomic E-state index is 3.04. The summed E-state index contributed by atoms with van der Waals surface area (Å²) < 4.78 is 0. The van der Waals surface area contributed by atoms with Gasteiger partial charge in [0.1, 0.15) is 0 Å². The molecule has 0 bridgehead atoms. The van der Waals surface area contributed by atoms with Crippen molar-refractivity contribution in [2.75, 3.05) is 20.6 Å². The Labute approximate surface area is 63.7 Å². The molecular formula is C9H15N. The van der Waals surface area contributed by atoms with Crippen LogP contribution in [0.25, 0.3) is 0 Å². The van der Waals surface area contributed by atoms with Crippen LogP contribution >= 0.6 is 0 Å². The quantitative estimate of drug-likeness (QED) is 0.495. The van der Waals surface area contributed by atoms with Crippen LogP contribution in [0, 0.1) is 11.8 Å². The van der Waals surface area contributed by atoms with Crippen LogP contribution in [0.1, 0.15) is 13.8 Å². The van der Waals surface area contributed by atoms with E-state index in [1.54, 1.807) is 0 Å². The summed E-state index contributed by atoms with van der Waals surface area (Å²) in [5.74, 6) is 6.08. The predicted octanol–water partition coefficient (Wildman–Crippen LogP) is 1.52. The zero-order valence-corrected chi connectivity index (χ0v) is 7.23.